The van der Waals surface area contributed by atoms with Gasteiger partial charge in [0, 0.05) is 45.1 Å². The molecule has 0 N–H and O–H groups in total. The van der Waals surface area contributed by atoms with Crippen LogP contribution in [0.4, 0.5) is 10.1 Å². The molecule has 0 spiro atoms. The Morgan fingerprint density at radius 3 is 2.27 bits per heavy atom. The average molecular weight is 720 g/mol. The van der Waals surface area contributed by atoms with Crippen molar-refractivity contribution in [1.29, 1.82) is 0 Å². The topological polar surface area (TPSA) is 76.4 Å². The number of pyridine rings is 1. The van der Waals surface area contributed by atoms with Crippen molar-refractivity contribution in [2.75, 3.05) is 51.0 Å². The first-order chi connectivity index (χ1) is 22.6. The molecule has 1 unspecified atom stereocenters. The maximum atomic E-state index is 16.3. The van der Waals surface area contributed by atoms with Crippen molar-refractivity contribution < 1.29 is 32.5 Å². The predicted octanol–water partition coefficient (Wildman–Crippen LogP) is 7.58. The predicted molar refractivity (Wildman–Crippen MR) is 193 cm³/mol. The molecule has 3 fully saturated rings. The van der Waals surface area contributed by atoms with Crippen LogP contribution in [0.15, 0.2) is 30.3 Å². The van der Waals surface area contributed by atoms with E-state index in [-0.39, 0.29) is 40.6 Å². The molecule has 0 radical (unpaired) electrons. The molecule has 0 amide bonds. The minimum atomic E-state index is -2.04. The first-order valence-corrected chi connectivity index (χ1v) is 24.1. The molecule has 13 heteroatoms. The van der Waals surface area contributed by atoms with Crippen LogP contribution in [0.1, 0.15) is 20.8 Å². The number of benzene rings is 1. The molecule has 264 valence electrons. The maximum absolute atomic E-state index is 16.3. The van der Waals surface area contributed by atoms with E-state index < -0.39 is 28.3 Å². The summed E-state index contributed by atoms with van der Waals surface area (Å²) < 4.78 is 55.4. The lowest BCUT2D eigenvalue weighted by molar-refractivity contribution is 0.00855. The first kappa shape index (κ1) is 35.8. The number of hydrogen-bond acceptors (Lipinski definition) is 8. The van der Waals surface area contributed by atoms with E-state index in [1.165, 1.54) is 0 Å². The van der Waals surface area contributed by atoms with Crippen LogP contribution in [0.3, 0.4) is 0 Å². The molecule has 2 aromatic heterocycles. The van der Waals surface area contributed by atoms with E-state index in [2.05, 4.69) is 58.4 Å². The molecule has 0 bridgehead atoms. The molecular weight excluding hydrogens is 669 g/mol. The zero-order valence-corrected chi connectivity index (χ0v) is 32.4. The summed E-state index contributed by atoms with van der Waals surface area (Å²) in [4.78, 5) is 7.15. The van der Waals surface area contributed by atoms with Gasteiger partial charge in [0.25, 0.3) is 0 Å². The van der Waals surface area contributed by atoms with E-state index in [1.807, 2.05) is 24.3 Å². The number of ether oxygens (including phenoxy) is 5. The summed E-state index contributed by atoms with van der Waals surface area (Å²) in [6.07, 6.45) is -1.10. The Morgan fingerprint density at radius 1 is 0.979 bits per heavy atom. The van der Waals surface area contributed by atoms with Crippen LogP contribution in [0, 0.1) is 5.82 Å². The van der Waals surface area contributed by atoms with E-state index in [0.717, 1.165) is 30.4 Å². The molecule has 1 aromatic carbocycles. The number of hydrogen-bond donors (Lipinski definition) is 0. The number of halogens is 2. The smallest absolute Gasteiger partial charge is 0.198 e. The Balaban J connectivity index is 1.27. The molecule has 0 aliphatic carbocycles. The standard InChI is InChI=1S/C35H51ClFN3O6Si2/c1-35(2,3)48(7,8)46-27-21-44-33-26(20-43-34(27)33)45-28-19-25-32(40(28)22-42-17-18-47(4,5)6)30(37)29(36)31(38-25)23-9-11-24(12-10-23)39-13-15-41-16-14-39/h9-12,19,26-27,33-34H,13-18,20-22H2,1-8H3/t26-,27?,33-,34-/m1/s1. The summed E-state index contributed by atoms with van der Waals surface area (Å²) in [6.45, 7) is 22.6. The largest absolute Gasteiger partial charge is 0.470 e. The number of anilines is 1. The highest BCUT2D eigenvalue weighted by Gasteiger charge is 2.52. The summed E-state index contributed by atoms with van der Waals surface area (Å²) >= 11 is 6.74. The molecule has 4 atom stereocenters. The Morgan fingerprint density at radius 2 is 1.62 bits per heavy atom. The third-order valence-electron chi connectivity index (χ3n) is 10.1. The first-order valence-electron chi connectivity index (χ1n) is 17.1. The molecule has 3 aromatic rings. The van der Waals surface area contributed by atoms with E-state index in [1.54, 1.807) is 10.6 Å². The molecule has 48 heavy (non-hydrogen) atoms. The number of nitrogens with zero attached hydrogens (tertiary/aromatic N) is 3. The highest BCUT2D eigenvalue weighted by Crippen LogP contribution is 2.42. The van der Waals surface area contributed by atoms with Gasteiger partial charge in [0.1, 0.15) is 29.5 Å². The zero-order chi connectivity index (χ0) is 34.4. The van der Waals surface area contributed by atoms with Crippen molar-refractivity contribution in [2.45, 2.75) is 95.7 Å². The van der Waals surface area contributed by atoms with E-state index >= 15 is 4.39 Å². The van der Waals surface area contributed by atoms with Gasteiger partial charge in [-0.25, -0.2) is 9.37 Å². The van der Waals surface area contributed by atoms with Crippen LogP contribution in [0.5, 0.6) is 5.88 Å². The molecule has 6 rings (SSSR count). The highest BCUT2D eigenvalue weighted by atomic mass is 35.5. The quantitative estimate of drug-likeness (QED) is 0.148. The lowest BCUT2D eigenvalue weighted by atomic mass is 10.1. The Hall–Kier alpha value is -2.04. The van der Waals surface area contributed by atoms with Crippen LogP contribution in [-0.4, -0.2) is 96.5 Å². The number of fused-ring (bicyclic) bond motifs is 2. The molecule has 0 saturated carbocycles. The van der Waals surface area contributed by atoms with Crippen molar-refractivity contribution in [2.24, 2.45) is 0 Å². The van der Waals surface area contributed by atoms with Gasteiger partial charge < -0.3 is 33.0 Å². The summed E-state index contributed by atoms with van der Waals surface area (Å²) in [7, 11) is -3.37. The number of morpholine rings is 1. The van der Waals surface area contributed by atoms with Gasteiger partial charge in [0.05, 0.1) is 43.7 Å². The average Bonchev–Trinajstić information content (AvgIpc) is 3.71. The lowest BCUT2D eigenvalue weighted by Gasteiger charge is -2.39. The Labute approximate surface area is 291 Å². The summed E-state index contributed by atoms with van der Waals surface area (Å²) in [5.41, 5.74) is 2.89. The molecular formula is C35H51ClFN3O6Si2. The Kier molecular flexibility index (Phi) is 10.4. The van der Waals surface area contributed by atoms with Gasteiger partial charge in [0.15, 0.2) is 26.1 Å². The summed E-state index contributed by atoms with van der Waals surface area (Å²) in [5, 5.41) is 0.0291. The molecule has 3 saturated heterocycles. The van der Waals surface area contributed by atoms with Crippen molar-refractivity contribution in [3.05, 3.63) is 41.2 Å². The van der Waals surface area contributed by atoms with E-state index in [4.69, 9.17) is 44.7 Å². The second-order valence-electron chi connectivity index (χ2n) is 15.9. The lowest BCUT2D eigenvalue weighted by Crippen LogP contribution is -2.47. The molecule has 3 aliphatic heterocycles. The van der Waals surface area contributed by atoms with Gasteiger partial charge in [-0.05, 0) is 36.3 Å². The van der Waals surface area contributed by atoms with Gasteiger partial charge >= 0.3 is 0 Å². The number of aromatic nitrogens is 2. The maximum Gasteiger partial charge on any atom is 0.198 e. The fourth-order valence-electron chi connectivity index (χ4n) is 6.15. The highest BCUT2D eigenvalue weighted by molar-refractivity contribution is 6.76. The second kappa shape index (κ2) is 13.9. The summed E-state index contributed by atoms with van der Waals surface area (Å²) in [5.74, 6) is -0.120. The van der Waals surface area contributed by atoms with Crippen LogP contribution < -0.4 is 9.64 Å². The second-order valence-corrected chi connectivity index (χ2v) is 26.7. The molecule has 5 heterocycles. The van der Waals surface area contributed by atoms with E-state index in [0.29, 0.717) is 50.1 Å². The zero-order valence-electron chi connectivity index (χ0n) is 29.6. The van der Waals surface area contributed by atoms with Crippen molar-refractivity contribution in [3.63, 3.8) is 0 Å². The van der Waals surface area contributed by atoms with Gasteiger partial charge in [-0.2, -0.15) is 0 Å². The SMILES string of the molecule is CC(C)(C)[Si](C)(C)OC1CO[C@H]2[C@@H]1OC[C@H]2Oc1cc2nc(-c3ccc(N4CCOCC4)cc3)c(Cl)c(F)c2n1COCC[Si](C)(C)C. The fourth-order valence-corrected chi connectivity index (χ4v) is 8.46. The third kappa shape index (κ3) is 7.51. The van der Waals surface area contributed by atoms with Crippen LogP contribution in [0.25, 0.3) is 22.3 Å². The van der Waals surface area contributed by atoms with E-state index in [9.17, 15) is 0 Å². The van der Waals surface area contributed by atoms with Crippen molar-refractivity contribution in [3.8, 4) is 17.1 Å². The number of rotatable bonds is 11. The molecule has 3 aliphatic rings. The fraction of sp³-hybridized carbons (Fsp3) is 0.629. The Bertz CT molecular complexity index is 1590. The van der Waals surface area contributed by atoms with Gasteiger partial charge in [-0.15, -0.1) is 0 Å². The minimum absolute atomic E-state index is 0.0383. The van der Waals surface area contributed by atoms with Crippen molar-refractivity contribution >= 4 is 44.7 Å². The van der Waals surface area contributed by atoms with Gasteiger partial charge in [-0.1, -0.05) is 64.1 Å². The normalized spacial score (nSPS) is 23.7. The third-order valence-corrected chi connectivity index (χ3v) is 16.7. The van der Waals surface area contributed by atoms with Crippen LogP contribution in [0.2, 0.25) is 48.8 Å². The molecule has 9 nitrogen and oxygen atoms in total. The van der Waals surface area contributed by atoms with Crippen molar-refractivity contribution in [1.82, 2.24) is 9.55 Å². The van der Waals surface area contributed by atoms with Crippen LogP contribution in [-0.2, 0) is 30.1 Å². The van der Waals surface area contributed by atoms with Crippen LogP contribution >= 0.6 is 11.6 Å². The van der Waals surface area contributed by atoms with Gasteiger partial charge in [-0.3, -0.25) is 4.57 Å². The van der Waals surface area contributed by atoms with Gasteiger partial charge in [0.2, 0.25) is 0 Å². The summed E-state index contributed by atoms with van der Waals surface area (Å²) in [6, 6.07) is 10.7. The monoisotopic (exact) mass is 719 g/mol. The minimum Gasteiger partial charge on any atom is -0.470 e.